The van der Waals surface area contributed by atoms with Crippen LogP contribution in [0.3, 0.4) is 0 Å². The minimum absolute atomic E-state index is 0.214. The normalized spacial score (nSPS) is 12.9. The van der Waals surface area contributed by atoms with Crippen LogP contribution in [-0.2, 0) is 0 Å². The number of phenols is 2. The molecule has 0 aliphatic carbocycles. The predicted octanol–water partition coefficient (Wildman–Crippen LogP) is 15.6. The molecule has 6 heteroatoms. The Morgan fingerprint density at radius 3 is 0.913 bits per heavy atom. The van der Waals surface area contributed by atoms with E-state index in [-0.39, 0.29) is 11.5 Å². The average Bonchev–Trinajstić information content (AvgIpc) is 3.97. The maximum Gasteiger partial charge on any atom is 0.139 e. The van der Waals surface area contributed by atoms with Crippen LogP contribution in [-0.4, -0.2) is 30.2 Å². The lowest BCUT2D eigenvalue weighted by atomic mass is 9.87. The fourth-order valence-electron chi connectivity index (χ4n) is 10.4. The van der Waals surface area contributed by atoms with Crippen molar-refractivity contribution in [3.63, 3.8) is 0 Å². The third-order valence-corrected chi connectivity index (χ3v) is 13.6. The van der Waals surface area contributed by atoms with Crippen molar-refractivity contribution in [1.29, 1.82) is 0 Å². The molecule has 2 aliphatic rings. The van der Waals surface area contributed by atoms with Crippen LogP contribution in [0.5, 0.6) is 11.5 Å². The highest BCUT2D eigenvalue weighted by Crippen LogP contribution is 2.50. The molecule has 0 spiro atoms. The molecule has 0 saturated carbocycles. The van der Waals surface area contributed by atoms with E-state index in [0.29, 0.717) is 20.0 Å². The summed E-state index contributed by atoms with van der Waals surface area (Å²) in [6, 6.07) is 84.1. The number of benzene rings is 10. The van der Waals surface area contributed by atoms with E-state index < -0.39 is 0 Å². The Hall–Kier alpha value is -9.00. The summed E-state index contributed by atoms with van der Waals surface area (Å²) in [5, 5.41) is 23.6. The summed E-state index contributed by atoms with van der Waals surface area (Å²) in [6.07, 6.45) is 0. The first-order valence-electron chi connectivity index (χ1n) is 23.4. The molecule has 0 amide bonds. The smallest absolute Gasteiger partial charge is 0.139 e. The summed E-state index contributed by atoms with van der Waals surface area (Å²) >= 11 is 0. The molecule has 2 N–H and O–H groups in total. The second-order valence-corrected chi connectivity index (χ2v) is 17.7. The van der Waals surface area contributed by atoms with Crippen LogP contribution in [0.2, 0.25) is 0 Å². The van der Waals surface area contributed by atoms with Gasteiger partial charge in [0, 0.05) is 0 Å². The molecule has 0 radical (unpaired) electrons. The fourth-order valence-corrected chi connectivity index (χ4v) is 10.4. The van der Waals surface area contributed by atoms with Crippen molar-refractivity contribution in [3.05, 3.63) is 243 Å². The van der Waals surface area contributed by atoms with Crippen molar-refractivity contribution >= 4 is 34.1 Å². The number of anilines is 6. The summed E-state index contributed by atoms with van der Waals surface area (Å²) in [5.41, 5.74) is 19.0. The highest BCUT2D eigenvalue weighted by atomic mass is 16.3. The van der Waals surface area contributed by atoms with E-state index in [1.807, 2.05) is 48.5 Å². The molecular formula is C63H48N4O2. The van der Waals surface area contributed by atoms with Crippen LogP contribution in [0.4, 0.5) is 34.1 Å². The quantitative estimate of drug-likeness (QED) is 0.143. The topological polar surface area (TPSA) is 53.4 Å². The first-order chi connectivity index (χ1) is 34.1. The summed E-state index contributed by atoms with van der Waals surface area (Å²) in [5.74, 6) is 0.428. The monoisotopic (exact) mass is 892 g/mol. The van der Waals surface area contributed by atoms with Gasteiger partial charge in [0.1, 0.15) is 11.5 Å². The molecule has 6 nitrogen and oxygen atoms in total. The molecule has 0 atom stereocenters. The van der Waals surface area contributed by atoms with Crippen molar-refractivity contribution in [2.45, 2.75) is 0 Å². The van der Waals surface area contributed by atoms with E-state index in [0.717, 1.165) is 101 Å². The molecule has 2 aliphatic heterocycles. The van der Waals surface area contributed by atoms with Crippen molar-refractivity contribution in [1.82, 2.24) is 0 Å². The number of phenolic OH excluding ortho intramolecular Hbond substituents is 2. The molecule has 12 rings (SSSR count). The van der Waals surface area contributed by atoms with Crippen molar-refractivity contribution in [3.8, 4) is 78.3 Å². The third kappa shape index (κ3) is 7.58. The highest BCUT2D eigenvalue weighted by Gasteiger charge is 2.34. The van der Waals surface area contributed by atoms with E-state index >= 15 is 0 Å². The van der Waals surface area contributed by atoms with Gasteiger partial charge in [-0.25, -0.2) is 0 Å². The van der Waals surface area contributed by atoms with Gasteiger partial charge in [0.05, 0.1) is 54.1 Å². The molecule has 0 unspecified atom stereocenters. The lowest BCUT2D eigenvalue weighted by molar-refractivity contribution is 0.475. The number of para-hydroxylation sites is 4. The average molecular weight is 893 g/mol. The third-order valence-electron chi connectivity index (χ3n) is 13.6. The molecule has 0 aromatic heterocycles. The molecule has 332 valence electrons. The second-order valence-electron chi connectivity index (χ2n) is 17.7. The van der Waals surface area contributed by atoms with Crippen LogP contribution in [0.25, 0.3) is 66.8 Å². The molecule has 0 fully saturated rings. The van der Waals surface area contributed by atoms with E-state index in [4.69, 9.17) is 0 Å². The van der Waals surface area contributed by atoms with Crippen LogP contribution in [0, 0.1) is 0 Å². The Bertz CT molecular complexity index is 3130. The summed E-state index contributed by atoms with van der Waals surface area (Å²) in [6.45, 7) is 1.59. The SMILES string of the molecule is Oc1ccc(-c2c(-c3ccccc3)cccc2-c2ccccc2)cc1N1CN(CN2CN(c3cc(-c4c(-c5ccccc5)cccc4-c4ccccc4)ccc3O)c3ccccc32)c2ccccc21. The van der Waals surface area contributed by atoms with Crippen molar-refractivity contribution in [2.75, 3.05) is 39.6 Å². The zero-order valence-corrected chi connectivity index (χ0v) is 37.9. The van der Waals surface area contributed by atoms with E-state index in [9.17, 15) is 10.2 Å². The van der Waals surface area contributed by atoms with Crippen LogP contribution in [0.1, 0.15) is 0 Å². The maximum absolute atomic E-state index is 11.8. The number of hydrogen-bond acceptors (Lipinski definition) is 6. The van der Waals surface area contributed by atoms with Crippen LogP contribution >= 0.6 is 0 Å². The van der Waals surface area contributed by atoms with Gasteiger partial charge in [-0.2, -0.15) is 0 Å². The fraction of sp³-hybridized carbons (Fsp3) is 0.0476. The first-order valence-corrected chi connectivity index (χ1v) is 23.4. The second kappa shape index (κ2) is 17.7. The van der Waals surface area contributed by atoms with Crippen LogP contribution in [0.15, 0.2) is 243 Å². The molecule has 0 bridgehead atoms. The standard InChI is InChI=1S/C63H48N4O2/c68-60-37-35-48(62-50(44-19-5-1-6-20-44)27-17-28-51(62)45-21-7-2-8-22-45)39-58(60)66-42-64(54-31-13-15-33-56(54)66)41-65-43-67(57-34-16-14-32-55(57)65)59-40-49(36-38-61(59)69)63-52(46-23-9-3-10-24-46)29-18-30-53(63)47-25-11-4-12-26-47/h1-40,68-69H,41-43H2. The Labute approximate surface area is 403 Å². The molecule has 2 heterocycles. The number of aromatic hydroxyl groups is 2. The molecule has 10 aromatic carbocycles. The van der Waals surface area contributed by atoms with Gasteiger partial charge in [-0.1, -0.05) is 194 Å². The number of nitrogens with zero attached hydrogens (tertiary/aromatic N) is 4. The van der Waals surface area contributed by atoms with Gasteiger partial charge in [0.2, 0.25) is 0 Å². The zero-order valence-electron chi connectivity index (χ0n) is 37.9. The largest absolute Gasteiger partial charge is 0.506 e. The van der Waals surface area contributed by atoms with Gasteiger partial charge >= 0.3 is 0 Å². The summed E-state index contributed by atoms with van der Waals surface area (Å²) in [4.78, 5) is 9.19. The molecular weight excluding hydrogens is 845 g/mol. The van der Waals surface area contributed by atoms with E-state index in [2.05, 4.69) is 214 Å². The number of fused-ring (bicyclic) bond motifs is 2. The number of hydrogen-bond donors (Lipinski definition) is 2. The van der Waals surface area contributed by atoms with Gasteiger partial charge in [0.15, 0.2) is 0 Å². The first kappa shape index (κ1) is 41.4. The minimum Gasteiger partial charge on any atom is -0.506 e. The van der Waals surface area contributed by atoms with Gasteiger partial charge in [0.25, 0.3) is 0 Å². The van der Waals surface area contributed by atoms with Gasteiger partial charge < -0.3 is 29.8 Å². The Morgan fingerprint density at radius 1 is 0.275 bits per heavy atom. The lowest BCUT2D eigenvalue weighted by Crippen LogP contribution is -2.40. The van der Waals surface area contributed by atoms with E-state index in [1.165, 1.54) is 0 Å². The van der Waals surface area contributed by atoms with Gasteiger partial charge in [-0.3, -0.25) is 0 Å². The predicted molar refractivity (Wildman–Crippen MR) is 286 cm³/mol. The van der Waals surface area contributed by atoms with Crippen molar-refractivity contribution < 1.29 is 10.2 Å². The number of rotatable bonds is 10. The highest BCUT2D eigenvalue weighted by molar-refractivity contribution is 5.98. The summed E-state index contributed by atoms with van der Waals surface area (Å²) in [7, 11) is 0. The minimum atomic E-state index is 0.214. The Morgan fingerprint density at radius 2 is 0.580 bits per heavy atom. The molecule has 0 saturated heterocycles. The van der Waals surface area contributed by atoms with E-state index in [1.54, 1.807) is 0 Å². The molecule has 10 aromatic rings. The summed E-state index contributed by atoms with van der Waals surface area (Å²) < 4.78 is 0. The van der Waals surface area contributed by atoms with Crippen molar-refractivity contribution in [2.24, 2.45) is 0 Å². The maximum atomic E-state index is 11.8. The lowest BCUT2D eigenvalue weighted by Gasteiger charge is -2.29. The Balaban J connectivity index is 0.897. The van der Waals surface area contributed by atoms with Crippen LogP contribution < -0.4 is 19.6 Å². The Kier molecular flexibility index (Phi) is 10.6. The zero-order chi connectivity index (χ0) is 46.3. The van der Waals surface area contributed by atoms with Gasteiger partial charge in [-0.15, -0.1) is 0 Å². The van der Waals surface area contributed by atoms with Gasteiger partial charge in [-0.05, 0) is 115 Å². The molecule has 69 heavy (non-hydrogen) atoms.